The van der Waals surface area contributed by atoms with Crippen LogP contribution in [0.5, 0.6) is 5.75 Å². The maximum absolute atomic E-state index is 5.71. The molecule has 0 radical (unpaired) electrons. The van der Waals surface area contributed by atoms with E-state index in [-0.39, 0.29) is 6.10 Å². The second-order valence-corrected chi connectivity index (χ2v) is 3.85. The quantitative estimate of drug-likeness (QED) is 0.821. The van der Waals surface area contributed by atoms with Crippen molar-refractivity contribution in [2.45, 2.75) is 12.5 Å². The molecule has 3 nitrogen and oxygen atoms in total. The molecule has 0 spiro atoms. The Morgan fingerprint density at radius 1 is 1.40 bits per heavy atom. The number of nitrogens with two attached hydrogens (primary N) is 1. The predicted octanol–water partition coefficient (Wildman–Crippen LogP) is 1.73. The van der Waals surface area contributed by atoms with E-state index in [4.69, 9.17) is 15.2 Å². The van der Waals surface area contributed by atoms with Gasteiger partial charge in [-0.15, -0.1) is 0 Å². The van der Waals surface area contributed by atoms with Crippen molar-refractivity contribution in [1.29, 1.82) is 0 Å². The van der Waals surface area contributed by atoms with Crippen LogP contribution in [0.1, 0.15) is 18.1 Å². The molecule has 0 saturated carbocycles. The first kappa shape index (κ1) is 10.5. The van der Waals surface area contributed by atoms with Crippen LogP contribution < -0.4 is 10.5 Å². The van der Waals surface area contributed by atoms with Crippen molar-refractivity contribution >= 4 is 0 Å². The average Bonchev–Trinajstić information content (AvgIpc) is 2.77. The molecular formula is C12H17NO2. The van der Waals surface area contributed by atoms with Crippen molar-refractivity contribution in [2.24, 2.45) is 11.7 Å². The van der Waals surface area contributed by atoms with Crippen molar-refractivity contribution in [3.8, 4) is 5.75 Å². The highest BCUT2D eigenvalue weighted by Gasteiger charge is 2.28. The highest BCUT2D eigenvalue weighted by atomic mass is 16.5. The van der Waals surface area contributed by atoms with Crippen LogP contribution in [0.2, 0.25) is 0 Å². The van der Waals surface area contributed by atoms with Crippen LogP contribution in [-0.4, -0.2) is 20.3 Å². The molecule has 0 aliphatic carbocycles. The lowest BCUT2D eigenvalue weighted by molar-refractivity contribution is 0.0924. The number of ether oxygens (including phenoxy) is 2. The molecule has 1 fully saturated rings. The number of benzene rings is 1. The highest BCUT2D eigenvalue weighted by molar-refractivity contribution is 5.29. The lowest BCUT2D eigenvalue weighted by Crippen LogP contribution is -2.17. The van der Waals surface area contributed by atoms with E-state index in [1.165, 1.54) is 5.56 Å². The highest BCUT2D eigenvalue weighted by Crippen LogP contribution is 2.34. The molecular weight excluding hydrogens is 190 g/mol. The average molecular weight is 207 g/mol. The van der Waals surface area contributed by atoms with E-state index in [2.05, 4.69) is 12.1 Å². The van der Waals surface area contributed by atoms with Gasteiger partial charge in [0.15, 0.2) is 0 Å². The number of hydrogen-bond acceptors (Lipinski definition) is 3. The molecule has 0 bridgehead atoms. The van der Waals surface area contributed by atoms with Gasteiger partial charge in [0.05, 0.1) is 13.2 Å². The molecule has 1 heterocycles. The van der Waals surface area contributed by atoms with Gasteiger partial charge in [0.1, 0.15) is 5.75 Å². The van der Waals surface area contributed by atoms with Crippen LogP contribution in [0.4, 0.5) is 0 Å². The Morgan fingerprint density at radius 2 is 2.13 bits per heavy atom. The molecule has 2 N–H and O–H groups in total. The lowest BCUT2D eigenvalue weighted by Gasteiger charge is -2.17. The number of rotatable bonds is 3. The first-order valence-electron chi connectivity index (χ1n) is 5.30. The zero-order chi connectivity index (χ0) is 10.7. The van der Waals surface area contributed by atoms with Gasteiger partial charge in [-0.05, 0) is 30.7 Å². The summed E-state index contributed by atoms with van der Waals surface area (Å²) in [5.74, 6) is 1.33. The van der Waals surface area contributed by atoms with Crippen LogP contribution in [0, 0.1) is 5.92 Å². The Morgan fingerprint density at radius 3 is 2.73 bits per heavy atom. The van der Waals surface area contributed by atoms with E-state index in [0.29, 0.717) is 12.5 Å². The van der Waals surface area contributed by atoms with Crippen LogP contribution >= 0.6 is 0 Å². The lowest BCUT2D eigenvalue weighted by atomic mass is 9.95. The molecule has 1 aromatic rings. The molecule has 2 rings (SSSR count). The second-order valence-electron chi connectivity index (χ2n) is 3.85. The minimum atomic E-state index is 0.168. The summed E-state index contributed by atoms with van der Waals surface area (Å²) in [5.41, 5.74) is 6.91. The Kier molecular flexibility index (Phi) is 3.23. The maximum atomic E-state index is 5.71. The molecule has 0 amide bonds. The van der Waals surface area contributed by atoms with Gasteiger partial charge >= 0.3 is 0 Å². The smallest absolute Gasteiger partial charge is 0.118 e. The minimum absolute atomic E-state index is 0.168. The molecule has 15 heavy (non-hydrogen) atoms. The van der Waals surface area contributed by atoms with Crippen LogP contribution in [0.25, 0.3) is 0 Å². The first-order chi connectivity index (χ1) is 7.35. The monoisotopic (exact) mass is 207 g/mol. The molecule has 3 heteroatoms. The van der Waals surface area contributed by atoms with E-state index in [1.54, 1.807) is 7.11 Å². The summed E-state index contributed by atoms with van der Waals surface area (Å²) in [6.07, 6.45) is 1.23. The topological polar surface area (TPSA) is 44.5 Å². The fourth-order valence-electron chi connectivity index (χ4n) is 2.04. The van der Waals surface area contributed by atoms with E-state index in [9.17, 15) is 0 Å². The maximum Gasteiger partial charge on any atom is 0.118 e. The van der Waals surface area contributed by atoms with Gasteiger partial charge in [-0.25, -0.2) is 0 Å². The normalized spacial score (nSPS) is 25.5. The van der Waals surface area contributed by atoms with Gasteiger partial charge in [-0.3, -0.25) is 0 Å². The second kappa shape index (κ2) is 4.64. The molecule has 2 unspecified atom stereocenters. The minimum Gasteiger partial charge on any atom is -0.497 e. The number of hydrogen-bond donors (Lipinski definition) is 1. The summed E-state index contributed by atoms with van der Waals surface area (Å²) >= 11 is 0. The van der Waals surface area contributed by atoms with Crippen molar-refractivity contribution in [3.63, 3.8) is 0 Å². The Balaban J connectivity index is 2.14. The predicted molar refractivity (Wildman–Crippen MR) is 58.8 cm³/mol. The summed E-state index contributed by atoms with van der Waals surface area (Å²) in [4.78, 5) is 0. The van der Waals surface area contributed by atoms with E-state index >= 15 is 0 Å². The molecule has 1 aromatic carbocycles. The summed E-state index contributed by atoms with van der Waals surface area (Å²) in [6, 6.07) is 8.03. The van der Waals surface area contributed by atoms with Gasteiger partial charge in [-0.2, -0.15) is 0 Å². The summed E-state index contributed by atoms with van der Waals surface area (Å²) in [7, 11) is 1.67. The molecule has 1 aliphatic rings. The molecule has 2 atom stereocenters. The third-order valence-electron chi connectivity index (χ3n) is 2.96. The molecule has 1 aliphatic heterocycles. The third-order valence-corrected chi connectivity index (χ3v) is 2.96. The molecule has 1 saturated heterocycles. The van der Waals surface area contributed by atoms with E-state index in [1.807, 2.05) is 12.1 Å². The standard InChI is InChI=1S/C12H17NO2/c1-14-11-4-2-9(3-5-11)12-10(8-13)6-7-15-12/h2-5,10,12H,6-8,13H2,1H3. The van der Waals surface area contributed by atoms with Gasteiger partial charge in [0, 0.05) is 12.5 Å². The van der Waals surface area contributed by atoms with Crippen LogP contribution in [-0.2, 0) is 4.74 Å². The molecule has 0 aromatic heterocycles. The van der Waals surface area contributed by atoms with E-state index in [0.717, 1.165) is 18.8 Å². The van der Waals surface area contributed by atoms with Gasteiger partial charge < -0.3 is 15.2 Å². The molecule has 82 valence electrons. The Labute approximate surface area is 90.2 Å². The SMILES string of the molecule is COc1ccc(C2OCCC2CN)cc1. The third kappa shape index (κ3) is 2.13. The zero-order valence-corrected chi connectivity index (χ0v) is 8.98. The van der Waals surface area contributed by atoms with Crippen molar-refractivity contribution in [1.82, 2.24) is 0 Å². The fourth-order valence-corrected chi connectivity index (χ4v) is 2.04. The Bertz CT molecular complexity index is 310. The first-order valence-corrected chi connectivity index (χ1v) is 5.30. The largest absolute Gasteiger partial charge is 0.497 e. The summed E-state index contributed by atoms with van der Waals surface area (Å²) in [5, 5.41) is 0. The van der Waals surface area contributed by atoms with Crippen LogP contribution in [0.3, 0.4) is 0 Å². The van der Waals surface area contributed by atoms with Crippen LogP contribution in [0.15, 0.2) is 24.3 Å². The van der Waals surface area contributed by atoms with Crippen molar-refractivity contribution in [2.75, 3.05) is 20.3 Å². The van der Waals surface area contributed by atoms with Gasteiger partial charge in [0.25, 0.3) is 0 Å². The van der Waals surface area contributed by atoms with Gasteiger partial charge in [0.2, 0.25) is 0 Å². The Hall–Kier alpha value is -1.06. The van der Waals surface area contributed by atoms with Gasteiger partial charge in [-0.1, -0.05) is 12.1 Å². The number of methoxy groups -OCH3 is 1. The van der Waals surface area contributed by atoms with E-state index < -0.39 is 0 Å². The summed E-state index contributed by atoms with van der Waals surface area (Å²) in [6.45, 7) is 1.51. The fraction of sp³-hybridized carbons (Fsp3) is 0.500. The van der Waals surface area contributed by atoms with Crippen molar-refractivity contribution in [3.05, 3.63) is 29.8 Å². The van der Waals surface area contributed by atoms with Crippen molar-refractivity contribution < 1.29 is 9.47 Å². The zero-order valence-electron chi connectivity index (χ0n) is 8.98. The summed E-state index contributed by atoms with van der Waals surface area (Å²) < 4.78 is 10.8.